The summed E-state index contributed by atoms with van der Waals surface area (Å²) in [6.07, 6.45) is 5.12. The van der Waals surface area contributed by atoms with Gasteiger partial charge in [0.05, 0.1) is 11.3 Å². The zero-order chi connectivity index (χ0) is 17.1. The van der Waals surface area contributed by atoms with Gasteiger partial charge in [-0.05, 0) is 35.4 Å². The van der Waals surface area contributed by atoms with E-state index >= 15 is 0 Å². The number of phenols is 1. The Kier molecular flexibility index (Phi) is 4.07. The second-order valence-electron chi connectivity index (χ2n) is 5.01. The van der Waals surface area contributed by atoms with Gasteiger partial charge in [0.2, 0.25) is 0 Å². The van der Waals surface area contributed by atoms with Gasteiger partial charge in [0.25, 0.3) is 0 Å². The molecule has 0 radical (unpaired) electrons. The molecule has 120 valence electrons. The third-order valence-electron chi connectivity index (χ3n) is 3.43. The molecule has 7 heteroatoms. The SMILES string of the molecule is O=Cc1cc(/C=C/c2ccc(-n3cn[nH]c3=O)cc2)cc(F)c1O. The first-order valence-electron chi connectivity index (χ1n) is 6.97. The largest absolute Gasteiger partial charge is 0.504 e. The fourth-order valence-corrected chi connectivity index (χ4v) is 2.20. The van der Waals surface area contributed by atoms with E-state index in [1.54, 1.807) is 36.4 Å². The molecule has 2 N–H and O–H groups in total. The first-order valence-corrected chi connectivity index (χ1v) is 6.97. The van der Waals surface area contributed by atoms with Crippen LogP contribution in [0.15, 0.2) is 47.5 Å². The fourth-order valence-electron chi connectivity index (χ4n) is 2.20. The predicted molar refractivity (Wildman–Crippen MR) is 86.6 cm³/mol. The minimum absolute atomic E-state index is 0.107. The van der Waals surface area contributed by atoms with Crippen LogP contribution in [0.2, 0.25) is 0 Å². The van der Waals surface area contributed by atoms with E-state index in [9.17, 15) is 19.1 Å². The molecule has 3 rings (SSSR count). The molecule has 3 aromatic rings. The Morgan fingerprint density at radius 2 is 1.83 bits per heavy atom. The predicted octanol–water partition coefficient (Wildman–Crippen LogP) is 2.39. The van der Waals surface area contributed by atoms with Gasteiger partial charge in [-0.25, -0.2) is 18.9 Å². The molecule has 0 saturated heterocycles. The number of phenolic OH excluding ortho intramolecular Hbond substituents is 1. The molecule has 0 spiro atoms. The lowest BCUT2D eigenvalue weighted by Gasteiger charge is -2.02. The molecule has 0 aliphatic rings. The van der Waals surface area contributed by atoms with Crippen molar-refractivity contribution in [1.82, 2.24) is 14.8 Å². The van der Waals surface area contributed by atoms with Crippen LogP contribution in [0, 0.1) is 5.82 Å². The van der Waals surface area contributed by atoms with Gasteiger partial charge in [-0.3, -0.25) is 4.79 Å². The number of H-pyrrole nitrogens is 1. The summed E-state index contributed by atoms with van der Waals surface area (Å²) in [5.74, 6) is -1.51. The van der Waals surface area contributed by atoms with Crippen molar-refractivity contribution in [2.45, 2.75) is 0 Å². The van der Waals surface area contributed by atoms with Crippen molar-refractivity contribution >= 4 is 18.4 Å². The van der Waals surface area contributed by atoms with Crippen molar-refractivity contribution < 1.29 is 14.3 Å². The van der Waals surface area contributed by atoms with Crippen LogP contribution in [0.3, 0.4) is 0 Å². The summed E-state index contributed by atoms with van der Waals surface area (Å²) in [4.78, 5) is 22.3. The maximum Gasteiger partial charge on any atom is 0.347 e. The van der Waals surface area contributed by atoms with E-state index in [1.165, 1.54) is 17.0 Å². The number of aromatic nitrogens is 3. The standard InChI is InChI=1S/C17H12FN3O3/c18-15-8-12(7-13(9-22)16(15)23)2-1-11-3-5-14(6-4-11)21-10-19-20-17(21)24/h1-10,23H,(H,20,24)/b2-1+. The zero-order valence-corrected chi connectivity index (χ0v) is 12.3. The van der Waals surface area contributed by atoms with Crippen LogP contribution in [-0.4, -0.2) is 26.2 Å². The van der Waals surface area contributed by atoms with Crippen molar-refractivity contribution in [3.05, 3.63) is 75.7 Å². The van der Waals surface area contributed by atoms with E-state index in [1.807, 2.05) is 0 Å². The van der Waals surface area contributed by atoms with Gasteiger partial charge in [-0.2, -0.15) is 5.10 Å². The third-order valence-corrected chi connectivity index (χ3v) is 3.43. The summed E-state index contributed by atoms with van der Waals surface area (Å²) in [7, 11) is 0. The van der Waals surface area contributed by atoms with E-state index in [2.05, 4.69) is 10.2 Å². The lowest BCUT2D eigenvalue weighted by Crippen LogP contribution is -2.13. The molecule has 0 unspecified atom stereocenters. The first kappa shape index (κ1) is 15.4. The van der Waals surface area contributed by atoms with Crippen molar-refractivity contribution in [3.63, 3.8) is 0 Å². The highest BCUT2D eigenvalue weighted by molar-refractivity contribution is 5.82. The molecule has 0 aliphatic heterocycles. The number of aromatic hydroxyl groups is 1. The number of halogens is 1. The van der Waals surface area contributed by atoms with E-state index < -0.39 is 11.6 Å². The van der Waals surface area contributed by atoms with Gasteiger partial charge in [0.1, 0.15) is 6.33 Å². The highest BCUT2D eigenvalue weighted by atomic mass is 19.1. The molecule has 24 heavy (non-hydrogen) atoms. The number of aromatic amines is 1. The molecule has 6 nitrogen and oxygen atoms in total. The molecule has 0 amide bonds. The molecular formula is C17H12FN3O3. The lowest BCUT2D eigenvalue weighted by atomic mass is 10.1. The second-order valence-corrected chi connectivity index (χ2v) is 5.01. The number of carbonyl (C=O) groups is 1. The van der Waals surface area contributed by atoms with Crippen LogP contribution in [0.25, 0.3) is 17.8 Å². The molecule has 2 aromatic carbocycles. The molecule has 0 atom stereocenters. The number of aldehydes is 1. The van der Waals surface area contributed by atoms with Crippen LogP contribution in [0.5, 0.6) is 5.75 Å². The highest BCUT2D eigenvalue weighted by Gasteiger charge is 2.07. The van der Waals surface area contributed by atoms with E-state index in [-0.39, 0.29) is 11.3 Å². The normalized spacial score (nSPS) is 11.0. The monoisotopic (exact) mass is 325 g/mol. The fraction of sp³-hybridized carbons (Fsp3) is 0. The van der Waals surface area contributed by atoms with Gasteiger partial charge in [0, 0.05) is 0 Å². The lowest BCUT2D eigenvalue weighted by molar-refractivity contribution is 0.112. The average molecular weight is 325 g/mol. The maximum absolute atomic E-state index is 13.5. The summed E-state index contributed by atoms with van der Waals surface area (Å²) in [6, 6.07) is 9.57. The molecule has 1 heterocycles. The molecule has 0 bridgehead atoms. The number of nitrogens with one attached hydrogen (secondary N) is 1. The van der Waals surface area contributed by atoms with Crippen molar-refractivity contribution in [3.8, 4) is 11.4 Å². The van der Waals surface area contributed by atoms with Crippen molar-refractivity contribution in [1.29, 1.82) is 0 Å². The molecule has 1 aromatic heterocycles. The number of hydrogen-bond donors (Lipinski definition) is 2. The van der Waals surface area contributed by atoms with E-state index in [0.29, 0.717) is 17.5 Å². The topological polar surface area (TPSA) is 88.0 Å². The molecule has 0 fully saturated rings. The Labute approximate surface area is 135 Å². The Morgan fingerprint density at radius 1 is 1.12 bits per heavy atom. The van der Waals surface area contributed by atoms with Crippen LogP contribution in [0.4, 0.5) is 4.39 Å². The second kappa shape index (κ2) is 6.33. The molecule has 0 aliphatic carbocycles. The number of benzene rings is 2. The van der Waals surface area contributed by atoms with Crippen LogP contribution >= 0.6 is 0 Å². The molecular weight excluding hydrogens is 313 g/mol. The highest BCUT2D eigenvalue weighted by Crippen LogP contribution is 2.23. The van der Waals surface area contributed by atoms with Crippen molar-refractivity contribution in [2.75, 3.05) is 0 Å². The van der Waals surface area contributed by atoms with Gasteiger partial charge in [-0.1, -0.05) is 24.3 Å². The summed E-state index contributed by atoms with van der Waals surface area (Å²) >= 11 is 0. The molecule has 0 saturated carbocycles. The van der Waals surface area contributed by atoms with Crippen molar-refractivity contribution in [2.24, 2.45) is 0 Å². The van der Waals surface area contributed by atoms with Crippen LogP contribution in [0.1, 0.15) is 21.5 Å². The van der Waals surface area contributed by atoms with Crippen LogP contribution in [-0.2, 0) is 0 Å². The number of hydrogen-bond acceptors (Lipinski definition) is 4. The third kappa shape index (κ3) is 3.00. The Balaban J connectivity index is 1.85. The maximum atomic E-state index is 13.5. The Morgan fingerprint density at radius 3 is 2.46 bits per heavy atom. The number of carbonyl (C=O) groups excluding carboxylic acids is 1. The smallest absolute Gasteiger partial charge is 0.347 e. The number of nitrogens with zero attached hydrogens (tertiary/aromatic N) is 2. The van der Waals surface area contributed by atoms with E-state index in [4.69, 9.17) is 0 Å². The Hall–Kier alpha value is -3.48. The average Bonchev–Trinajstić information content (AvgIpc) is 3.02. The summed E-state index contributed by atoms with van der Waals surface area (Å²) < 4.78 is 14.9. The van der Waals surface area contributed by atoms with Crippen LogP contribution < -0.4 is 5.69 Å². The summed E-state index contributed by atoms with van der Waals surface area (Å²) in [6.45, 7) is 0. The number of rotatable bonds is 4. The first-order chi connectivity index (χ1) is 11.6. The van der Waals surface area contributed by atoms with Gasteiger partial charge < -0.3 is 5.11 Å². The summed E-state index contributed by atoms with van der Waals surface area (Å²) in [5.41, 5.74) is 1.48. The Bertz CT molecular complexity index is 971. The minimum atomic E-state index is -0.853. The minimum Gasteiger partial charge on any atom is -0.504 e. The quantitative estimate of drug-likeness (QED) is 0.569. The van der Waals surface area contributed by atoms with E-state index in [0.717, 1.165) is 11.6 Å². The summed E-state index contributed by atoms with van der Waals surface area (Å²) in [5, 5.41) is 15.3. The zero-order valence-electron chi connectivity index (χ0n) is 12.3. The van der Waals surface area contributed by atoms with Gasteiger partial charge in [0.15, 0.2) is 17.9 Å². The van der Waals surface area contributed by atoms with Gasteiger partial charge >= 0.3 is 5.69 Å². The van der Waals surface area contributed by atoms with Gasteiger partial charge in [-0.15, -0.1) is 0 Å².